The number of rotatable bonds is 4. The molecule has 1 fully saturated rings. The van der Waals surface area contributed by atoms with Crippen LogP contribution in [0.2, 0.25) is 0 Å². The van der Waals surface area contributed by atoms with Gasteiger partial charge in [0.25, 0.3) is 0 Å². The molecule has 0 unspecified atom stereocenters. The number of amides is 1. The molecule has 26 heavy (non-hydrogen) atoms. The lowest BCUT2D eigenvalue weighted by Crippen LogP contribution is -2.52. The molecule has 5 nitrogen and oxygen atoms in total. The molecule has 0 aliphatic carbocycles. The third-order valence-electron chi connectivity index (χ3n) is 4.65. The van der Waals surface area contributed by atoms with Crippen LogP contribution in [0.15, 0.2) is 51.4 Å². The Morgan fingerprint density at radius 3 is 2.35 bits per heavy atom. The van der Waals surface area contributed by atoms with Crippen LogP contribution in [0.1, 0.15) is 6.92 Å². The molecule has 1 amide bonds. The Kier molecular flexibility index (Phi) is 6.21. The first kappa shape index (κ1) is 19.2. The van der Waals surface area contributed by atoms with Crippen molar-refractivity contribution < 1.29 is 9.90 Å². The number of benzene rings is 2. The van der Waals surface area contributed by atoms with Gasteiger partial charge in [-0.3, -0.25) is 9.69 Å². The first-order valence-electron chi connectivity index (χ1n) is 8.48. The highest BCUT2D eigenvalue weighted by molar-refractivity contribution is 9.11. The van der Waals surface area contributed by atoms with Crippen molar-refractivity contribution in [2.75, 3.05) is 36.4 Å². The third-order valence-corrected chi connectivity index (χ3v) is 5.79. The van der Waals surface area contributed by atoms with E-state index in [4.69, 9.17) is 0 Å². The van der Waals surface area contributed by atoms with Crippen LogP contribution < -0.4 is 10.2 Å². The van der Waals surface area contributed by atoms with Gasteiger partial charge in [0, 0.05) is 40.8 Å². The number of carbonyl (C=O) groups excluding carboxylic acids is 1. The van der Waals surface area contributed by atoms with Crippen molar-refractivity contribution in [2.45, 2.75) is 13.0 Å². The number of anilines is 2. The predicted molar refractivity (Wildman–Crippen MR) is 112 cm³/mol. The molecular formula is C19H21Br2N3O2. The van der Waals surface area contributed by atoms with Gasteiger partial charge in [0.1, 0.15) is 5.75 Å². The Labute approximate surface area is 170 Å². The number of phenolic OH excluding ortho intramolecular Hbond substituents is 1. The second kappa shape index (κ2) is 8.41. The van der Waals surface area contributed by atoms with E-state index < -0.39 is 0 Å². The zero-order valence-corrected chi connectivity index (χ0v) is 17.6. The molecule has 1 heterocycles. The lowest BCUT2D eigenvalue weighted by atomic mass is 10.2. The second-order valence-electron chi connectivity index (χ2n) is 6.33. The van der Waals surface area contributed by atoms with Crippen LogP contribution in [-0.4, -0.2) is 48.1 Å². The molecule has 0 saturated carbocycles. The zero-order chi connectivity index (χ0) is 18.7. The largest absolute Gasteiger partial charge is 0.508 e. The molecule has 0 spiro atoms. The summed E-state index contributed by atoms with van der Waals surface area (Å²) in [6.07, 6.45) is 0. The molecule has 1 atom stereocenters. The second-order valence-corrected chi connectivity index (χ2v) is 8.10. The van der Waals surface area contributed by atoms with E-state index in [0.29, 0.717) is 0 Å². The molecule has 3 rings (SSSR count). The molecule has 0 aromatic heterocycles. The highest BCUT2D eigenvalue weighted by atomic mass is 79.9. The van der Waals surface area contributed by atoms with Gasteiger partial charge in [-0.05, 0) is 65.3 Å². The van der Waals surface area contributed by atoms with Gasteiger partial charge in [0.15, 0.2) is 0 Å². The highest BCUT2D eigenvalue weighted by Gasteiger charge is 2.26. The van der Waals surface area contributed by atoms with E-state index in [2.05, 4.69) is 47.0 Å². The first-order valence-corrected chi connectivity index (χ1v) is 10.1. The molecular weight excluding hydrogens is 462 g/mol. The number of nitrogens with zero attached hydrogens (tertiary/aromatic N) is 2. The van der Waals surface area contributed by atoms with Crippen molar-refractivity contribution in [3.05, 3.63) is 51.4 Å². The molecule has 138 valence electrons. The molecule has 1 aliphatic rings. The topological polar surface area (TPSA) is 55.8 Å². The Bertz CT molecular complexity index is 775. The van der Waals surface area contributed by atoms with Crippen molar-refractivity contribution in [2.24, 2.45) is 0 Å². The van der Waals surface area contributed by atoms with E-state index >= 15 is 0 Å². The number of aromatic hydroxyl groups is 1. The van der Waals surface area contributed by atoms with Crippen molar-refractivity contribution in [1.82, 2.24) is 4.90 Å². The summed E-state index contributed by atoms with van der Waals surface area (Å²) < 4.78 is 1.81. The molecule has 0 radical (unpaired) electrons. The maximum atomic E-state index is 12.6. The number of hydrogen-bond donors (Lipinski definition) is 2. The van der Waals surface area contributed by atoms with Crippen LogP contribution >= 0.6 is 31.9 Å². The molecule has 7 heteroatoms. The average Bonchev–Trinajstić information content (AvgIpc) is 2.64. The number of carbonyl (C=O) groups is 1. The Hall–Kier alpha value is -1.57. The van der Waals surface area contributed by atoms with Gasteiger partial charge in [-0.1, -0.05) is 15.9 Å². The SMILES string of the molecule is C[C@@H](C(=O)Nc1ccc(Br)cc1Br)N1CCN(c2ccc(O)cc2)CC1. The maximum absolute atomic E-state index is 12.6. The van der Waals surface area contributed by atoms with E-state index in [9.17, 15) is 9.90 Å². The maximum Gasteiger partial charge on any atom is 0.241 e. The minimum Gasteiger partial charge on any atom is -0.508 e. The lowest BCUT2D eigenvalue weighted by Gasteiger charge is -2.38. The monoisotopic (exact) mass is 481 g/mol. The van der Waals surface area contributed by atoms with E-state index in [1.54, 1.807) is 12.1 Å². The highest BCUT2D eigenvalue weighted by Crippen LogP contribution is 2.26. The van der Waals surface area contributed by atoms with Gasteiger partial charge in [-0.2, -0.15) is 0 Å². The summed E-state index contributed by atoms with van der Waals surface area (Å²) in [6, 6.07) is 12.7. The standard InChI is InChI=1S/C19H21Br2N3O2/c1-13(19(26)22-18-7-2-14(20)12-17(18)21)23-8-10-24(11-9-23)15-3-5-16(25)6-4-15/h2-7,12-13,25H,8-11H2,1H3,(H,22,26)/t13-/m0/s1. The van der Waals surface area contributed by atoms with Gasteiger partial charge >= 0.3 is 0 Å². The smallest absolute Gasteiger partial charge is 0.241 e. The summed E-state index contributed by atoms with van der Waals surface area (Å²) in [5, 5.41) is 12.4. The van der Waals surface area contributed by atoms with Gasteiger partial charge in [-0.15, -0.1) is 0 Å². The predicted octanol–water partition coefficient (Wildman–Crippen LogP) is 4.07. The summed E-state index contributed by atoms with van der Waals surface area (Å²) in [5.41, 5.74) is 1.87. The van der Waals surface area contributed by atoms with Gasteiger partial charge in [0.05, 0.1) is 11.7 Å². The van der Waals surface area contributed by atoms with Crippen LogP contribution in [0.25, 0.3) is 0 Å². The molecule has 2 N–H and O–H groups in total. The van der Waals surface area contributed by atoms with E-state index in [1.165, 1.54) is 0 Å². The van der Waals surface area contributed by atoms with Gasteiger partial charge < -0.3 is 15.3 Å². The summed E-state index contributed by atoms with van der Waals surface area (Å²) in [4.78, 5) is 17.1. The summed E-state index contributed by atoms with van der Waals surface area (Å²) in [6.45, 7) is 5.28. The number of nitrogens with one attached hydrogen (secondary N) is 1. The molecule has 2 aromatic rings. The minimum absolute atomic E-state index is 0.00824. The number of halogens is 2. The summed E-state index contributed by atoms with van der Waals surface area (Å²) in [5.74, 6) is 0.267. The Morgan fingerprint density at radius 1 is 1.08 bits per heavy atom. The minimum atomic E-state index is -0.201. The Balaban J connectivity index is 1.56. The molecule has 1 saturated heterocycles. The van der Waals surface area contributed by atoms with E-state index in [-0.39, 0.29) is 17.7 Å². The lowest BCUT2D eigenvalue weighted by molar-refractivity contribution is -0.120. The number of piperazine rings is 1. The van der Waals surface area contributed by atoms with Gasteiger partial charge in [0.2, 0.25) is 5.91 Å². The van der Waals surface area contributed by atoms with Crippen LogP contribution in [-0.2, 0) is 4.79 Å². The van der Waals surface area contributed by atoms with Crippen LogP contribution in [0.3, 0.4) is 0 Å². The third kappa shape index (κ3) is 4.58. The molecule has 2 aromatic carbocycles. The van der Waals surface area contributed by atoms with Crippen LogP contribution in [0, 0.1) is 0 Å². The summed E-state index contributed by atoms with van der Waals surface area (Å²) >= 11 is 6.89. The van der Waals surface area contributed by atoms with Crippen molar-refractivity contribution in [3.8, 4) is 5.75 Å². The average molecular weight is 483 g/mol. The fraction of sp³-hybridized carbons (Fsp3) is 0.316. The number of hydrogen-bond acceptors (Lipinski definition) is 4. The van der Waals surface area contributed by atoms with Crippen molar-refractivity contribution in [3.63, 3.8) is 0 Å². The molecule has 0 bridgehead atoms. The van der Waals surface area contributed by atoms with Crippen molar-refractivity contribution in [1.29, 1.82) is 0 Å². The normalized spacial score (nSPS) is 16.3. The fourth-order valence-corrected chi connectivity index (χ4v) is 4.17. The quantitative estimate of drug-likeness (QED) is 0.689. The van der Waals surface area contributed by atoms with E-state index in [0.717, 1.165) is 46.5 Å². The van der Waals surface area contributed by atoms with E-state index in [1.807, 2.05) is 37.3 Å². The molecule has 1 aliphatic heterocycles. The summed E-state index contributed by atoms with van der Waals surface area (Å²) in [7, 11) is 0. The van der Waals surface area contributed by atoms with Crippen LogP contribution in [0.5, 0.6) is 5.75 Å². The number of phenols is 1. The zero-order valence-electron chi connectivity index (χ0n) is 14.5. The van der Waals surface area contributed by atoms with Crippen molar-refractivity contribution >= 4 is 49.1 Å². The van der Waals surface area contributed by atoms with Gasteiger partial charge in [-0.25, -0.2) is 0 Å². The Morgan fingerprint density at radius 2 is 1.73 bits per heavy atom. The first-order chi connectivity index (χ1) is 12.4. The fourth-order valence-electron chi connectivity index (χ4n) is 3.02. The van der Waals surface area contributed by atoms with Crippen LogP contribution in [0.4, 0.5) is 11.4 Å².